The van der Waals surface area contributed by atoms with E-state index in [1.54, 1.807) is 13.0 Å². The number of hydrogen-bond acceptors (Lipinski definition) is 7. The molecule has 1 aliphatic heterocycles. The summed E-state index contributed by atoms with van der Waals surface area (Å²) in [6.45, 7) is 1.93. The van der Waals surface area contributed by atoms with E-state index in [9.17, 15) is 14.8 Å². The molecule has 2 aromatic carbocycles. The maximum Gasteiger partial charge on any atom is 0.289 e. The van der Waals surface area contributed by atoms with Gasteiger partial charge in [-0.05, 0) is 19.1 Å². The van der Waals surface area contributed by atoms with Crippen molar-refractivity contribution in [1.82, 2.24) is 9.97 Å². The lowest BCUT2D eigenvalue weighted by Crippen LogP contribution is -2.35. The minimum absolute atomic E-state index is 0.0522. The van der Waals surface area contributed by atoms with E-state index in [1.807, 2.05) is 6.07 Å². The molecule has 0 bridgehead atoms. The Morgan fingerprint density at radius 3 is 2.68 bits per heavy atom. The van der Waals surface area contributed by atoms with Gasteiger partial charge in [-0.3, -0.25) is 0 Å². The van der Waals surface area contributed by atoms with Gasteiger partial charge in [0.05, 0.1) is 30.2 Å². The standard InChI is InChI=1S/C26H20F3N5O3/c1-13-14(11-35)12-36-26(33-13)34-15-7-20(28)24(21(29)8-15)37-22-5-6-31-25-23(22)18(10-32-25)16-3-2-4-19(27)17(16)9-30/h2-8,10,13-14,35H,11-12H2,1H3,(H,31,32)(H,33,34). The number of nitrogens with one attached hydrogen (secondary N) is 2. The van der Waals surface area contributed by atoms with Gasteiger partial charge in [0, 0.05) is 47.3 Å². The monoisotopic (exact) mass is 507 g/mol. The smallest absolute Gasteiger partial charge is 0.289 e. The Labute approximate surface area is 209 Å². The van der Waals surface area contributed by atoms with Gasteiger partial charge in [0.15, 0.2) is 17.4 Å². The number of rotatable bonds is 5. The van der Waals surface area contributed by atoms with E-state index in [2.05, 4.69) is 20.3 Å². The average Bonchev–Trinajstić information content (AvgIpc) is 3.31. The third kappa shape index (κ3) is 4.54. The Kier molecular flexibility index (Phi) is 6.42. The second-order valence-electron chi connectivity index (χ2n) is 8.43. The van der Waals surface area contributed by atoms with Crippen LogP contribution in [0.3, 0.4) is 0 Å². The van der Waals surface area contributed by atoms with Crippen LogP contribution in [-0.2, 0) is 4.74 Å². The minimum atomic E-state index is -0.995. The highest BCUT2D eigenvalue weighted by molar-refractivity contribution is 5.99. The molecular weight excluding hydrogens is 487 g/mol. The molecular formula is C26H20F3N5O3. The van der Waals surface area contributed by atoms with E-state index in [4.69, 9.17) is 9.47 Å². The topological polar surface area (TPSA) is 116 Å². The van der Waals surface area contributed by atoms with Crippen molar-refractivity contribution in [3.8, 4) is 28.7 Å². The number of fused-ring (bicyclic) bond motifs is 1. The van der Waals surface area contributed by atoms with Crippen LogP contribution in [0.5, 0.6) is 11.5 Å². The van der Waals surface area contributed by atoms with Crippen LogP contribution in [0.2, 0.25) is 0 Å². The third-order valence-corrected chi connectivity index (χ3v) is 6.08. The summed E-state index contributed by atoms with van der Waals surface area (Å²) in [4.78, 5) is 11.4. The number of aromatic amines is 1. The number of halogens is 3. The van der Waals surface area contributed by atoms with E-state index in [-0.39, 0.29) is 53.8 Å². The summed E-state index contributed by atoms with van der Waals surface area (Å²) in [5.74, 6) is -3.46. The van der Waals surface area contributed by atoms with Gasteiger partial charge in [0.25, 0.3) is 6.02 Å². The predicted octanol–water partition coefficient (Wildman–Crippen LogP) is 5.11. The minimum Gasteiger partial charge on any atom is -0.465 e. The number of aliphatic hydroxyl groups is 1. The molecule has 37 heavy (non-hydrogen) atoms. The van der Waals surface area contributed by atoms with Crippen LogP contribution in [-0.4, -0.2) is 40.4 Å². The zero-order valence-corrected chi connectivity index (χ0v) is 19.4. The molecule has 0 aliphatic carbocycles. The Morgan fingerprint density at radius 2 is 1.97 bits per heavy atom. The first-order valence-electron chi connectivity index (χ1n) is 11.3. The van der Waals surface area contributed by atoms with Crippen molar-refractivity contribution in [3.63, 3.8) is 0 Å². The fraction of sp³-hybridized carbons (Fsp3) is 0.192. The fourth-order valence-corrected chi connectivity index (χ4v) is 4.08. The molecule has 3 N–H and O–H groups in total. The van der Waals surface area contributed by atoms with Crippen LogP contribution in [0.25, 0.3) is 22.2 Å². The van der Waals surface area contributed by atoms with Crippen LogP contribution in [0.1, 0.15) is 12.5 Å². The van der Waals surface area contributed by atoms with Crippen LogP contribution in [0.15, 0.2) is 53.8 Å². The van der Waals surface area contributed by atoms with Gasteiger partial charge < -0.3 is 24.9 Å². The van der Waals surface area contributed by atoms with Crippen molar-refractivity contribution in [2.75, 3.05) is 18.5 Å². The first-order chi connectivity index (χ1) is 17.9. The molecule has 0 saturated heterocycles. The van der Waals surface area contributed by atoms with Crippen LogP contribution in [0.4, 0.5) is 18.9 Å². The van der Waals surface area contributed by atoms with Gasteiger partial charge in [0.2, 0.25) is 0 Å². The van der Waals surface area contributed by atoms with Gasteiger partial charge in [0.1, 0.15) is 23.3 Å². The van der Waals surface area contributed by atoms with Crippen molar-refractivity contribution in [2.45, 2.75) is 13.0 Å². The van der Waals surface area contributed by atoms with Gasteiger partial charge in [-0.25, -0.2) is 23.1 Å². The third-order valence-electron chi connectivity index (χ3n) is 6.08. The van der Waals surface area contributed by atoms with E-state index in [0.29, 0.717) is 16.6 Å². The molecule has 0 amide bonds. The molecule has 188 valence electrons. The number of amidine groups is 1. The molecule has 8 nitrogen and oxygen atoms in total. The SMILES string of the molecule is CC1N=C(Nc2cc(F)c(Oc3ccnc4[nH]cc(-c5cccc(F)c5C#N)c34)c(F)c2)OCC1CO. The lowest BCUT2D eigenvalue weighted by atomic mass is 10.00. The zero-order chi connectivity index (χ0) is 26.1. The van der Waals surface area contributed by atoms with E-state index in [1.165, 1.54) is 30.6 Å². The quantitative estimate of drug-likeness (QED) is 0.346. The molecule has 3 heterocycles. The van der Waals surface area contributed by atoms with E-state index in [0.717, 1.165) is 12.1 Å². The highest BCUT2D eigenvalue weighted by Gasteiger charge is 2.24. The van der Waals surface area contributed by atoms with Gasteiger partial charge in [-0.2, -0.15) is 5.26 Å². The second-order valence-corrected chi connectivity index (χ2v) is 8.43. The molecule has 11 heteroatoms. The second kappa shape index (κ2) is 9.83. The lowest BCUT2D eigenvalue weighted by molar-refractivity contribution is 0.125. The molecule has 2 unspecified atom stereocenters. The number of anilines is 1. The van der Waals surface area contributed by atoms with E-state index < -0.39 is 23.2 Å². The van der Waals surface area contributed by atoms with Crippen molar-refractivity contribution in [1.29, 1.82) is 5.26 Å². The number of aliphatic imine (C=N–C) groups is 1. The molecule has 4 aromatic rings. The van der Waals surface area contributed by atoms with Crippen molar-refractivity contribution < 1.29 is 27.8 Å². The summed E-state index contributed by atoms with van der Waals surface area (Å²) in [7, 11) is 0. The number of hydrogen-bond donors (Lipinski definition) is 3. The summed E-state index contributed by atoms with van der Waals surface area (Å²) in [5.41, 5.74) is 0.853. The first-order valence-corrected chi connectivity index (χ1v) is 11.3. The number of aliphatic hydroxyl groups excluding tert-OH is 1. The van der Waals surface area contributed by atoms with Crippen LogP contribution in [0, 0.1) is 34.7 Å². The Bertz CT molecular complexity index is 1540. The highest BCUT2D eigenvalue weighted by atomic mass is 19.1. The van der Waals surface area contributed by atoms with Gasteiger partial charge in [-0.15, -0.1) is 0 Å². The number of pyridine rings is 1. The van der Waals surface area contributed by atoms with E-state index >= 15 is 8.78 Å². The molecule has 5 rings (SSSR count). The number of aromatic nitrogens is 2. The summed E-state index contributed by atoms with van der Waals surface area (Å²) >= 11 is 0. The van der Waals surface area contributed by atoms with Crippen molar-refractivity contribution in [2.24, 2.45) is 10.9 Å². The summed E-state index contributed by atoms with van der Waals surface area (Å²) in [5, 5.41) is 21.8. The fourth-order valence-electron chi connectivity index (χ4n) is 4.08. The molecule has 0 fully saturated rings. The Balaban J connectivity index is 1.49. The van der Waals surface area contributed by atoms with Gasteiger partial charge >= 0.3 is 0 Å². The summed E-state index contributed by atoms with van der Waals surface area (Å²) in [6, 6.07) is 9.36. The van der Waals surface area contributed by atoms with Crippen molar-refractivity contribution in [3.05, 3.63) is 71.8 Å². The number of benzene rings is 2. The predicted molar refractivity (Wildman–Crippen MR) is 130 cm³/mol. The molecule has 2 atom stereocenters. The van der Waals surface area contributed by atoms with Crippen LogP contribution >= 0.6 is 0 Å². The maximum atomic E-state index is 15.0. The van der Waals surface area contributed by atoms with Gasteiger partial charge in [-0.1, -0.05) is 12.1 Å². The molecule has 0 saturated carbocycles. The molecule has 0 radical (unpaired) electrons. The molecule has 2 aromatic heterocycles. The van der Waals surface area contributed by atoms with Crippen LogP contribution < -0.4 is 10.1 Å². The zero-order valence-electron chi connectivity index (χ0n) is 19.4. The number of nitrogens with zero attached hydrogens (tertiary/aromatic N) is 3. The lowest BCUT2D eigenvalue weighted by Gasteiger charge is -2.26. The maximum absolute atomic E-state index is 15.0. The summed E-state index contributed by atoms with van der Waals surface area (Å²) in [6.07, 6.45) is 2.91. The Hall–Kier alpha value is -4.56. The van der Waals surface area contributed by atoms with Crippen molar-refractivity contribution >= 4 is 22.7 Å². The first kappa shape index (κ1) is 24.1. The normalized spacial score (nSPS) is 17.1. The molecule has 0 spiro atoms. The molecule has 1 aliphatic rings. The number of ether oxygens (including phenoxy) is 2. The Morgan fingerprint density at radius 1 is 1.19 bits per heavy atom. The summed E-state index contributed by atoms with van der Waals surface area (Å²) < 4.78 is 55.4. The number of nitriles is 1. The average molecular weight is 507 g/mol. The largest absolute Gasteiger partial charge is 0.465 e. The highest BCUT2D eigenvalue weighted by Crippen LogP contribution is 2.39. The number of H-pyrrole nitrogens is 1.